The molecular formula is C15H26O2. The highest BCUT2D eigenvalue weighted by molar-refractivity contribution is 5.87. The van der Waals surface area contributed by atoms with Crippen LogP contribution in [-0.4, -0.2) is 12.1 Å². The van der Waals surface area contributed by atoms with Crippen molar-refractivity contribution >= 4 is 5.97 Å². The van der Waals surface area contributed by atoms with Crippen LogP contribution in [-0.2, 0) is 9.53 Å². The van der Waals surface area contributed by atoms with Gasteiger partial charge in [0.1, 0.15) is 6.10 Å². The van der Waals surface area contributed by atoms with Crippen LogP contribution in [0.2, 0.25) is 0 Å². The van der Waals surface area contributed by atoms with Crippen LogP contribution in [0.5, 0.6) is 0 Å². The Bertz CT molecular complexity index is 270. The summed E-state index contributed by atoms with van der Waals surface area (Å²) in [4.78, 5) is 11.6. The van der Waals surface area contributed by atoms with Gasteiger partial charge in [-0.25, -0.2) is 4.79 Å². The molecule has 0 radical (unpaired) electrons. The summed E-state index contributed by atoms with van der Waals surface area (Å²) in [6.07, 6.45) is 7.16. The highest BCUT2D eigenvalue weighted by atomic mass is 16.5. The van der Waals surface area contributed by atoms with Crippen LogP contribution in [0, 0.1) is 11.8 Å². The molecule has 0 heterocycles. The van der Waals surface area contributed by atoms with E-state index in [2.05, 4.69) is 20.4 Å². The number of carbonyl (C=O) groups is 1. The molecule has 1 rings (SSSR count). The molecule has 0 aliphatic heterocycles. The second-order valence-corrected chi connectivity index (χ2v) is 5.54. The average molecular weight is 238 g/mol. The lowest BCUT2D eigenvalue weighted by Crippen LogP contribution is -2.30. The monoisotopic (exact) mass is 238 g/mol. The maximum Gasteiger partial charge on any atom is 0.333 e. The third-order valence-corrected chi connectivity index (χ3v) is 3.68. The van der Waals surface area contributed by atoms with Crippen LogP contribution >= 0.6 is 0 Å². The Morgan fingerprint density at radius 1 is 1.47 bits per heavy atom. The first kappa shape index (κ1) is 14.3. The molecule has 0 N–H and O–H groups in total. The highest BCUT2D eigenvalue weighted by Gasteiger charge is 2.28. The minimum absolute atomic E-state index is 0.104. The van der Waals surface area contributed by atoms with Gasteiger partial charge in [-0.3, -0.25) is 0 Å². The van der Waals surface area contributed by atoms with Gasteiger partial charge in [0.2, 0.25) is 0 Å². The molecule has 2 nitrogen and oxygen atoms in total. The predicted octanol–water partition coefficient (Wildman–Crippen LogP) is 4.10. The first-order valence-electron chi connectivity index (χ1n) is 6.91. The summed E-state index contributed by atoms with van der Waals surface area (Å²) in [5, 5.41) is 0. The lowest BCUT2D eigenvalue weighted by Gasteiger charge is -2.32. The molecule has 0 aromatic heterocycles. The Morgan fingerprint density at radius 3 is 2.71 bits per heavy atom. The topological polar surface area (TPSA) is 26.3 Å². The Hall–Kier alpha value is -0.790. The van der Waals surface area contributed by atoms with Crippen molar-refractivity contribution < 1.29 is 9.53 Å². The van der Waals surface area contributed by atoms with Gasteiger partial charge in [0, 0.05) is 5.57 Å². The molecule has 17 heavy (non-hydrogen) atoms. The Labute approximate surface area is 105 Å². The molecule has 3 atom stereocenters. The molecule has 0 saturated heterocycles. The summed E-state index contributed by atoms with van der Waals surface area (Å²) in [6, 6.07) is 0. The molecule has 3 unspecified atom stereocenters. The van der Waals surface area contributed by atoms with Gasteiger partial charge in [-0.2, -0.15) is 0 Å². The summed E-state index contributed by atoms with van der Waals surface area (Å²) in [6.45, 7) is 9.82. The van der Waals surface area contributed by atoms with Crippen molar-refractivity contribution in [3.63, 3.8) is 0 Å². The van der Waals surface area contributed by atoms with Gasteiger partial charge in [0.05, 0.1) is 0 Å². The van der Waals surface area contributed by atoms with Crippen molar-refractivity contribution in [2.45, 2.75) is 65.4 Å². The van der Waals surface area contributed by atoms with Gasteiger partial charge >= 0.3 is 5.97 Å². The third-order valence-electron chi connectivity index (χ3n) is 3.68. The molecule has 0 amide bonds. The van der Waals surface area contributed by atoms with Crippen molar-refractivity contribution in [1.29, 1.82) is 0 Å². The molecular weight excluding hydrogens is 212 g/mol. The number of rotatable bonds is 5. The standard InChI is InChI=1S/C15H26O2/c1-5-7-14(17-15(16)11(2)3)13-9-6-8-12(4)10-13/h12-14H,2,5-10H2,1,3-4H3. The minimum Gasteiger partial charge on any atom is -0.459 e. The van der Waals surface area contributed by atoms with Crippen LogP contribution in [0.1, 0.15) is 59.3 Å². The summed E-state index contributed by atoms with van der Waals surface area (Å²) in [5.41, 5.74) is 0.509. The Morgan fingerprint density at radius 2 is 2.18 bits per heavy atom. The SMILES string of the molecule is C=C(C)C(=O)OC(CCC)C1CCCC(C)C1. The van der Waals surface area contributed by atoms with E-state index >= 15 is 0 Å². The normalized spacial score (nSPS) is 26.3. The highest BCUT2D eigenvalue weighted by Crippen LogP contribution is 2.33. The zero-order valence-electron chi connectivity index (χ0n) is 11.5. The first-order chi connectivity index (χ1) is 8.04. The van der Waals surface area contributed by atoms with E-state index in [1.54, 1.807) is 6.92 Å². The maximum atomic E-state index is 11.6. The molecule has 98 valence electrons. The van der Waals surface area contributed by atoms with Gasteiger partial charge in [-0.15, -0.1) is 0 Å². The minimum atomic E-state index is -0.221. The number of ether oxygens (including phenoxy) is 1. The van der Waals surface area contributed by atoms with Crippen molar-refractivity contribution in [3.8, 4) is 0 Å². The molecule has 0 aromatic carbocycles. The van der Waals surface area contributed by atoms with Crippen LogP contribution in [0.4, 0.5) is 0 Å². The molecule has 0 bridgehead atoms. The molecule has 1 saturated carbocycles. The van der Waals surface area contributed by atoms with Crippen molar-refractivity contribution in [3.05, 3.63) is 12.2 Å². The average Bonchev–Trinajstić information content (AvgIpc) is 2.28. The number of hydrogen-bond acceptors (Lipinski definition) is 2. The molecule has 1 aliphatic carbocycles. The van der Waals surface area contributed by atoms with E-state index in [1.165, 1.54) is 25.7 Å². The van der Waals surface area contributed by atoms with E-state index in [9.17, 15) is 4.79 Å². The fourth-order valence-electron chi connectivity index (χ4n) is 2.73. The zero-order valence-corrected chi connectivity index (χ0v) is 11.5. The lowest BCUT2D eigenvalue weighted by atomic mass is 9.78. The number of carbonyl (C=O) groups excluding carboxylic acids is 1. The summed E-state index contributed by atoms with van der Waals surface area (Å²) < 4.78 is 5.60. The quantitative estimate of drug-likeness (QED) is 0.532. The molecule has 0 spiro atoms. The summed E-state index contributed by atoms with van der Waals surface area (Å²) in [5.74, 6) is 1.11. The third kappa shape index (κ3) is 4.53. The van der Waals surface area contributed by atoms with Gasteiger partial charge < -0.3 is 4.74 Å². The molecule has 1 aliphatic rings. The van der Waals surface area contributed by atoms with Crippen molar-refractivity contribution in [2.75, 3.05) is 0 Å². The van der Waals surface area contributed by atoms with E-state index in [1.807, 2.05) is 0 Å². The maximum absolute atomic E-state index is 11.6. The number of esters is 1. The second-order valence-electron chi connectivity index (χ2n) is 5.54. The van der Waals surface area contributed by atoms with E-state index in [4.69, 9.17) is 4.74 Å². The lowest BCUT2D eigenvalue weighted by molar-refractivity contribution is -0.148. The van der Waals surface area contributed by atoms with Gasteiger partial charge in [-0.05, 0) is 38.0 Å². The zero-order chi connectivity index (χ0) is 12.8. The van der Waals surface area contributed by atoms with Gasteiger partial charge in [0.25, 0.3) is 0 Å². The fraction of sp³-hybridized carbons (Fsp3) is 0.800. The van der Waals surface area contributed by atoms with E-state index < -0.39 is 0 Å². The van der Waals surface area contributed by atoms with Crippen LogP contribution in [0.15, 0.2) is 12.2 Å². The van der Waals surface area contributed by atoms with Gasteiger partial charge in [0.15, 0.2) is 0 Å². The van der Waals surface area contributed by atoms with E-state index in [0.717, 1.165) is 18.8 Å². The summed E-state index contributed by atoms with van der Waals surface area (Å²) >= 11 is 0. The van der Waals surface area contributed by atoms with Crippen molar-refractivity contribution in [1.82, 2.24) is 0 Å². The van der Waals surface area contributed by atoms with Crippen LogP contribution in [0.25, 0.3) is 0 Å². The number of hydrogen-bond donors (Lipinski definition) is 0. The Balaban J connectivity index is 2.57. The largest absolute Gasteiger partial charge is 0.459 e. The van der Waals surface area contributed by atoms with Gasteiger partial charge in [-0.1, -0.05) is 39.7 Å². The molecule has 2 heteroatoms. The molecule has 1 fully saturated rings. The first-order valence-corrected chi connectivity index (χ1v) is 6.91. The van der Waals surface area contributed by atoms with E-state index in [0.29, 0.717) is 11.5 Å². The van der Waals surface area contributed by atoms with E-state index in [-0.39, 0.29) is 12.1 Å². The fourth-order valence-corrected chi connectivity index (χ4v) is 2.73. The predicted molar refractivity (Wildman–Crippen MR) is 70.7 cm³/mol. The Kier molecular flexibility index (Phi) is 5.73. The van der Waals surface area contributed by atoms with Crippen LogP contribution < -0.4 is 0 Å². The smallest absolute Gasteiger partial charge is 0.333 e. The summed E-state index contributed by atoms with van der Waals surface area (Å²) in [7, 11) is 0. The second kappa shape index (κ2) is 6.83. The van der Waals surface area contributed by atoms with Crippen molar-refractivity contribution in [2.24, 2.45) is 11.8 Å². The van der Waals surface area contributed by atoms with Crippen LogP contribution in [0.3, 0.4) is 0 Å². The molecule has 0 aromatic rings.